The van der Waals surface area contributed by atoms with Crippen LogP contribution in [0.4, 0.5) is 11.6 Å². The molecule has 4 heteroatoms. The van der Waals surface area contributed by atoms with Crippen molar-refractivity contribution < 1.29 is 0 Å². The van der Waals surface area contributed by atoms with Crippen molar-refractivity contribution in [3.8, 4) is 0 Å². The number of rotatable bonds is 5. The van der Waals surface area contributed by atoms with Gasteiger partial charge >= 0.3 is 0 Å². The van der Waals surface area contributed by atoms with Crippen molar-refractivity contribution in [2.24, 2.45) is 5.92 Å². The van der Waals surface area contributed by atoms with Crippen LogP contribution in [0.5, 0.6) is 0 Å². The van der Waals surface area contributed by atoms with Crippen molar-refractivity contribution >= 4 is 11.6 Å². The Bertz CT molecular complexity index is 374. The highest BCUT2D eigenvalue weighted by atomic mass is 15.1. The summed E-state index contributed by atoms with van der Waals surface area (Å²) in [6.45, 7) is 10.6. The molecule has 0 aliphatic rings. The number of hydrogen-bond donors (Lipinski definition) is 2. The Morgan fingerprint density at radius 2 is 1.65 bits per heavy atom. The van der Waals surface area contributed by atoms with Crippen molar-refractivity contribution in [3.63, 3.8) is 0 Å². The van der Waals surface area contributed by atoms with Crippen molar-refractivity contribution in [3.05, 3.63) is 11.4 Å². The van der Waals surface area contributed by atoms with Gasteiger partial charge in [-0.05, 0) is 33.1 Å². The number of anilines is 2. The predicted octanol–water partition coefficient (Wildman–Crippen LogP) is 2.98. The summed E-state index contributed by atoms with van der Waals surface area (Å²) in [4.78, 5) is 8.82. The monoisotopic (exact) mass is 236 g/mol. The van der Waals surface area contributed by atoms with Crippen LogP contribution in [0.15, 0.2) is 0 Å². The minimum Gasteiger partial charge on any atom is -0.373 e. The summed E-state index contributed by atoms with van der Waals surface area (Å²) in [6, 6.07) is 0.424. The minimum atomic E-state index is 0.424. The molecular formula is C13H24N4. The SMILES string of the molecule is CNc1nc(C)nc(NC(C)CC(C)C)c1C. The van der Waals surface area contributed by atoms with E-state index >= 15 is 0 Å². The summed E-state index contributed by atoms with van der Waals surface area (Å²) in [5.74, 6) is 3.32. The Kier molecular flexibility index (Phi) is 4.73. The summed E-state index contributed by atoms with van der Waals surface area (Å²) < 4.78 is 0. The van der Waals surface area contributed by atoms with Crippen molar-refractivity contribution in [2.45, 2.75) is 47.1 Å². The number of aryl methyl sites for hydroxylation is 1. The van der Waals surface area contributed by atoms with Crippen LogP contribution in [-0.4, -0.2) is 23.1 Å². The Hall–Kier alpha value is -1.32. The molecule has 0 bridgehead atoms. The zero-order chi connectivity index (χ0) is 13.0. The van der Waals surface area contributed by atoms with Gasteiger partial charge in [0.2, 0.25) is 0 Å². The zero-order valence-electron chi connectivity index (χ0n) is 11.8. The molecule has 1 rings (SSSR count). The fraction of sp³-hybridized carbons (Fsp3) is 0.692. The normalized spacial score (nSPS) is 12.6. The summed E-state index contributed by atoms with van der Waals surface area (Å²) >= 11 is 0. The molecule has 0 aromatic carbocycles. The van der Waals surface area contributed by atoms with Crippen LogP contribution >= 0.6 is 0 Å². The highest BCUT2D eigenvalue weighted by Gasteiger charge is 2.11. The van der Waals surface area contributed by atoms with E-state index in [4.69, 9.17) is 0 Å². The van der Waals surface area contributed by atoms with Gasteiger partial charge < -0.3 is 10.6 Å². The lowest BCUT2D eigenvalue weighted by Crippen LogP contribution is -2.20. The molecule has 4 nitrogen and oxygen atoms in total. The van der Waals surface area contributed by atoms with E-state index in [9.17, 15) is 0 Å². The highest BCUT2D eigenvalue weighted by molar-refractivity contribution is 5.57. The highest BCUT2D eigenvalue weighted by Crippen LogP contribution is 2.21. The van der Waals surface area contributed by atoms with Crippen molar-refractivity contribution in [2.75, 3.05) is 17.7 Å². The van der Waals surface area contributed by atoms with Gasteiger partial charge in [-0.2, -0.15) is 0 Å². The lowest BCUT2D eigenvalue weighted by molar-refractivity contribution is 0.538. The summed E-state index contributed by atoms with van der Waals surface area (Å²) in [5, 5.41) is 6.57. The molecule has 1 unspecified atom stereocenters. The number of aromatic nitrogens is 2. The summed E-state index contributed by atoms with van der Waals surface area (Å²) in [7, 11) is 1.89. The molecule has 0 saturated carbocycles. The smallest absolute Gasteiger partial charge is 0.134 e. The zero-order valence-corrected chi connectivity index (χ0v) is 11.8. The van der Waals surface area contributed by atoms with Crippen molar-refractivity contribution in [1.82, 2.24) is 9.97 Å². The van der Waals surface area contributed by atoms with Gasteiger partial charge in [0.1, 0.15) is 17.5 Å². The average molecular weight is 236 g/mol. The standard InChI is InChI=1S/C13H24N4/c1-8(2)7-9(3)15-13-10(4)12(14-6)16-11(5)17-13/h8-9H,7H2,1-6H3,(H2,14,15,16,17). The van der Waals surface area contributed by atoms with Crippen LogP contribution in [0.25, 0.3) is 0 Å². The fourth-order valence-corrected chi connectivity index (χ4v) is 2.01. The summed E-state index contributed by atoms with van der Waals surface area (Å²) in [5.41, 5.74) is 1.08. The van der Waals surface area contributed by atoms with Gasteiger partial charge in [0.25, 0.3) is 0 Å². The van der Waals surface area contributed by atoms with Crippen LogP contribution in [0, 0.1) is 19.8 Å². The predicted molar refractivity (Wildman–Crippen MR) is 73.6 cm³/mol. The Labute approximate surface area is 104 Å². The third-order valence-electron chi connectivity index (χ3n) is 2.70. The van der Waals surface area contributed by atoms with E-state index in [2.05, 4.69) is 41.4 Å². The van der Waals surface area contributed by atoms with Crippen LogP contribution < -0.4 is 10.6 Å². The van der Waals surface area contributed by atoms with E-state index in [1.54, 1.807) is 0 Å². The molecule has 1 aromatic rings. The van der Waals surface area contributed by atoms with Gasteiger partial charge in [-0.15, -0.1) is 0 Å². The lowest BCUT2D eigenvalue weighted by Gasteiger charge is -2.19. The molecule has 0 fully saturated rings. The third-order valence-corrected chi connectivity index (χ3v) is 2.70. The molecule has 1 atom stereocenters. The molecule has 17 heavy (non-hydrogen) atoms. The first-order valence-electron chi connectivity index (χ1n) is 6.23. The molecule has 0 aliphatic carbocycles. The summed E-state index contributed by atoms with van der Waals surface area (Å²) in [6.07, 6.45) is 1.14. The second-order valence-corrected chi connectivity index (χ2v) is 5.02. The maximum Gasteiger partial charge on any atom is 0.134 e. The third kappa shape index (κ3) is 3.88. The molecule has 0 spiro atoms. The number of nitrogens with zero attached hydrogens (tertiary/aromatic N) is 2. The quantitative estimate of drug-likeness (QED) is 0.825. The minimum absolute atomic E-state index is 0.424. The molecule has 0 amide bonds. The Morgan fingerprint density at radius 1 is 1.06 bits per heavy atom. The topological polar surface area (TPSA) is 49.8 Å². The van der Waals surface area contributed by atoms with Crippen LogP contribution in [0.1, 0.15) is 38.6 Å². The van der Waals surface area contributed by atoms with Gasteiger partial charge in [0, 0.05) is 18.7 Å². The lowest BCUT2D eigenvalue weighted by atomic mass is 10.1. The van der Waals surface area contributed by atoms with E-state index < -0.39 is 0 Å². The second kappa shape index (κ2) is 5.84. The van der Waals surface area contributed by atoms with Crippen molar-refractivity contribution in [1.29, 1.82) is 0 Å². The average Bonchev–Trinajstić information content (AvgIpc) is 2.21. The van der Waals surface area contributed by atoms with E-state index in [1.165, 1.54) is 0 Å². The first kappa shape index (κ1) is 13.7. The molecule has 0 saturated heterocycles. The molecule has 96 valence electrons. The molecule has 1 heterocycles. The van der Waals surface area contributed by atoms with Gasteiger partial charge in [-0.1, -0.05) is 13.8 Å². The molecular weight excluding hydrogens is 212 g/mol. The first-order valence-corrected chi connectivity index (χ1v) is 6.23. The Balaban J connectivity index is 2.86. The first-order chi connectivity index (χ1) is 7.93. The number of hydrogen-bond acceptors (Lipinski definition) is 4. The van der Waals surface area contributed by atoms with E-state index in [0.717, 1.165) is 29.4 Å². The van der Waals surface area contributed by atoms with Gasteiger partial charge in [0.05, 0.1) is 0 Å². The molecule has 0 aliphatic heterocycles. The van der Waals surface area contributed by atoms with E-state index in [-0.39, 0.29) is 0 Å². The maximum absolute atomic E-state index is 4.47. The van der Waals surface area contributed by atoms with E-state index in [0.29, 0.717) is 12.0 Å². The van der Waals surface area contributed by atoms with Crippen LogP contribution in [0.3, 0.4) is 0 Å². The molecule has 2 N–H and O–H groups in total. The maximum atomic E-state index is 4.47. The van der Waals surface area contributed by atoms with Gasteiger partial charge in [-0.3, -0.25) is 0 Å². The van der Waals surface area contributed by atoms with Crippen LogP contribution in [-0.2, 0) is 0 Å². The van der Waals surface area contributed by atoms with Crippen LogP contribution in [0.2, 0.25) is 0 Å². The van der Waals surface area contributed by atoms with E-state index in [1.807, 2.05) is 20.9 Å². The van der Waals surface area contributed by atoms with Gasteiger partial charge in [-0.25, -0.2) is 9.97 Å². The largest absolute Gasteiger partial charge is 0.373 e. The fourth-order valence-electron chi connectivity index (χ4n) is 2.01. The number of nitrogens with one attached hydrogen (secondary N) is 2. The second-order valence-electron chi connectivity index (χ2n) is 5.02. The molecule has 0 radical (unpaired) electrons. The molecule has 1 aromatic heterocycles. The Morgan fingerprint density at radius 3 is 2.18 bits per heavy atom. The van der Waals surface area contributed by atoms with Gasteiger partial charge in [0.15, 0.2) is 0 Å².